The van der Waals surface area contributed by atoms with Crippen LogP contribution >= 0.6 is 0 Å². The van der Waals surface area contributed by atoms with Crippen LogP contribution in [0.25, 0.3) is 5.57 Å². The predicted molar refractivity (Wildman–Crippen MR) is 137 cm³/mol. The standard InChI is InChI=1S/C18H17.C9H13.2CH3.H2Si.Zr/c1-12-10-13(2)18(14(3)11-12)17-9-8-15-6-4-5-7-16(15)17;1-6-5-7(2)9(4)8(6)3;;;;/h4-11H,1-3H3;6H,1-4H3;2*1H3;1H2;. The molecule has 0 nitrogen and oxygen atoms in total. The molecule has 0 radical (unpaired) electrons. The summed E-state index contributed by atoms with van der Waals surface area (Å²) in [7, 11) is 0. The van der Waals surface area contributed by atoms with Gasteiger partial charge in [0, 0.05) is 0 Å². The number of benzene rings is 2. The summed E-state index contributed by atoms with van der Waals surface area (Å²) in [4.78, 5) is 0. The minimum absolute atomic E-state index is 0.553. The SMILES string of the molecule is CC1=C(C)C(C)[C]([Zr]([CH3])([CH3])(=[SiH2])[CH]2C=C(c3c(C)cc(C)cc3C)c3ccccc32)=C1C. The molecule has 2 aromatic rings. The van der Waals surface area contributed by atoms with Gasteiger partial charge in [-0.15, -0.1) is 0 Å². The van der Waals surface area contributed by atoms with E-state index in [0.29, 0.717) is 9.54 Å². The van der Waals surface area contributed by atoms with E-state index in [9.17, 15) is 0 Å². The molecule has 2 aromatic carbocycles. The molecule has 0 heterocycles. The van der Waals surface area contributed by atoms with Crippen LogP contribution in [-0.4, -0.2) is 6.88 Å². The van der Waals surface area contributed by atoms with Gasteiger partial charge in [-0.2, -0.15) is 0 Å². The van der Waals surface area contributed by atoms with Crippen LogP contribution in [0.5, 0.6) is 0 Å². The van der Waals surface area contributed by atoms with Crippen molar-refractivity contribution in [3.05, 3.63) is 95.9 Å². The van der Waals surface area contributed by atoms with Crippen molar-refractivity contribution in [3.63, 3.8) is 0 Å². The first-order valence-electron chi connectivity index (χ1n) is 11.7. The zero-order valence-electron chi connectivity index (χ0n) is 20.9. The first-order chi connectivity index (χ1) is 14.3. The van der Waals surface area contributed by atoms with Crippen molar-refractivity contribution in [1.29, 1.82) is 0 Å². The fraction of sp³-hybridized carbons (Fsp3) is 0.379. The van der Waals surface area contributed by atoms with Gasteiger partial charge in [-0.3, -0.25) is 0 Å². The van der Waals surface area contributed by atoms with Crippen LogP contribution < -0.4 is 0 Å². The number of rotatable bonds is 3. The quantitative estimate of drug-likeness (QED) is 0.375. The number of fused-ring (bicyclic) bond motifs is 1. The molecule has 2 aliphatic carbocycles. The molecule has 0 amide bonds. The second-order valence-corrected chi connectivity index (χ2v) is 40.8. The van der Waals surface area contributed by atoms with Crippen LogP contribution in [-0.2, 0) is 17.4 Å². The average molecular weight is 506 g/mol. The van der Waals surface area contributed by atoms with Crippen molar-refractivity contribution in [1.82, 2.24) is 0 Å². The van der Waals surface area contributed by atoms with Crippen molar-refractivity contribution < 1.29 is 17.4 Å². The van der Waals surface area contributed by atoms with Gasteiger partial charge in [-0.1, -0.05) is 0 Å². The van der Waals surface area contributed by atoms with Crippen LogP contribution in [0.3, 0.4) is 0 Å². The van der Waals surface area contributed by atoms with E-state index >= 15 is 0 Å². The van der Waals surface area contributed by atoms with E-state index in [1.165, 1.54) is 33.4 Å². The zero-order valence-corrected chi connectivity index (χ0v) is 24.8. The normalized spacial score (nSPS) is 21.7. The summed E-state index contributed by atoms with van der Waals surface area (Å²) in [6, 6.07) is 13.9. The number of aryl methyl sites for hydroxylation is 3. The van der Waals surface area contributed by atoms with E-state index < -0.39 is 17.4 Å². The Bertz CT molecular complexity index is 1250. The topological polar surface area (TPSA) is 0 Å². The van der Waals surface area contributed by atoms with Gasteiger partial charge >= 0.3 is 193 Å². The van der Waals surface area contributed by atoms with E-state index in [1.807, 2.05) is 3.28 Å². The van der Waals surface area contributed by atoms with Gasteiger partial charge in [0.05, 0.1) is 0 Å². The summed E-state index contributed by atoms with van der Waals surface area (Å²) in [5.41, 5.74) is 14.8. The Kier molecular flexibility index (Phi) is 5.47. The maximum absolute atomic E-state index is 3.35. The average Bonchev–Trinajstić information content (AvgIpc) is 3.14. The molecule has 0 spiro atoms. The van der Waals surface area contributed by atoms with E-state index in [0.717, 1.165) is 0 Å². The molecule has 0 saturated carbocycles. The molecular weight excluding hydrogens is 468 g/mol. The van der Waals surface area contributed by atoms with Gasteiger partial charge in [-0.25, -0.2) is 0 Å². The molecule has 2 unspecified atom stereocenters. The fourth-order valence-corrected chi connectivity index (χ4v) is 25.3. The molecule has 2 aliphatic rings. The third-order valence-electron chi connectivity index (χ3n) is 8.39. The molecule has 0 aromatic heterocycles. The van der Waals surface area contributed by atoms with Crippen molar-refractivity contribution in [2.45, 2.75) is 61.4 Å². The zero-order chi connectivity index (χ0) is 22.9. The number of hydrogen-bond donors (Lipinski definition) is 0. The molecule has 0 aliphatic heterocycles. The Morgan fingerprint density at radius 3 is 1.97 bits per heavy atom. The Hall–Kier alpha value is -1.24. The van der Waals surface area contributed by atoms with Crippen LogP contribution in [0.15, 0.2) is 62.5 Å². The molecule has 0 fully saturated rings. The van der Waals surface area contributed by atoms with Gasteiger partial charge in [0.25, 0.3) is 0 Å². The number of allylic oxidation sites excluding steroid dienone is 5. The molecule has 2 atom stereocenters. The van der Waals surface area contributed by atoms with Crippen LogP contribution in [0.4, 0.5) is 0 Å². The summed E-state index contributed by atoms with van der Waals surface area (Å²) in [5.74, 6) is 0.589. The summed E-state index contributed by atoms with van der Waals surface area (Å²) >= 11 is -3.35. The van der Waals surface area contributed by atoms with Crippen molar-refractivity contribution in [2.24, 2.45) is 5.92 Å². The van der Waals surface area contributed by atoms with Crippen LogP contribution in [0.2, 0.25) is 9.26 Å². The molecule has 0 bridgehead atoms. The molecule has 31 heavy (non-hydrogen) atoms. The van der Waals surface area contributed by atoms with Gasteiger partial charge in [-0.05, 0) is 0 Å². The number of hydrogen-bond acceptors (Lipinski definition) is 0. The van der Waals surface area contributed by atoms with Crippen molar-refractivity contribution >= 4 is 12.5 Å². The summed E-state index contributed by atoms with van der Waals surface area (Å²) in [5, 5.41) is 0. The summed E-state index contributed by atoms with van der Waals surface area (Å²) in [6.07, 6.45) is 2.68. The Labute approximate surface area is 192 Å². The molecular formula is C29H38SiZr. The molecule has 162 valence electrons. The third-order valence-corrected chi connectivity index (χ3v) is 25.7. The van der Waals surface area contributed by atoms with Gasteiger partial charge < -0.3 is 0 Å². The predicted octanol–water partition coefficient (Wildman–Crippen LogP) is 7.69. The monoisotopic (exact) mass is 504 g/mol. The van der Waals surface area contributed by atoms with E-state index in [4.69, 9.17) is 0 Å². The van der Waals surface area contributed by atoms with E-state index in [1.54, 1.807) is 22.3 Å². The van der Waals surface area contributed by atoms with Crippen molar-refractivity contribution in [2.75, 3.05) is 0 Å². The Morgan fingerprint density at radius 2 is 1.42 bits per heavy atom. The van der Waals surface area contributed by atoms with Gasteiger partial charge in [0.2, 0.25) is 0 Å². The minimum atomic E-state index is -3.35. The summed E-state index contributed by atoms with van der Waals surface area (Å²) in [6.45, 7) is 18.7. The first-order valence-corrected chi connectivity index (χ1v) is 25.2. The maximum atomic E-state index is 2.71. The Morgan fingerprint density at radius 1 is 0.839 bits per heavy atom. The summed E-state index contributed by atoms with van der Waals surface area (Å²) < 4.78 is 7.79. The fourth-order valence-electron chi connectivity index (χ4n) is 6.81. The molecule has 0 saturated heterocycles. The van der Waals surface area contributed by atoms with E-state index in [-0.39, 0.29) is 0 Å². The molecule has 0 N–H and O–H groups in total. The third kappa shape index (κ3) is 3.41. The molecule has 2 heteroatoms. The van der Waals surface area contributed by atoms with Gasteiger partial charge in [0.1, 0.15) is 0 Å². The van der Waals surface area contributed by atoms with E-state index in [2.05, 4.69) is 107 Å². The van der Waals surface area contributed by atoms with Gasteiger partial charge in [0.15, 0.2) is 0 Å². The van der Waals surface area contributed by atoms with Crippen molar-refractivity contribution in [3.8, 4) is 0 Å². The van der Waals surface area contributed by atoms with Crippen LogP contribution in [0, 0.1) is 26.7 Å². The Balaban J connectivity index is 1.98. The van der Waals surface area contributed by atoms with Crippen LogP contribution in [0.1, 0.15) is 64.7 Å². The second-order valence-electron chi connectivity index (χ2n) is 11.3. The second kappa shape index (κ2) is 7.39. The molecule has 4 rings (SSSR count). The first kappa shape index (κ1) is 22.9.